The van der Waals surface area contributed by atoms with Gasteiger partial charge in [-0.3, -0.25) is 9.59 Å². The molecule has 0 saturated carbocycles. The average Bonchev–Trinajstić information content (AvgIpc) is 2.23. The molecule has 4 nitrogen and oxygen atoms in total. The van der Waals surface area contributed by atoms with E-state index in [0.717, 1.165) is 6.08 Å². The van der Waals surface area contributed by atoms with Crippen molar-refractivity contribution in [2.24, 2.45) is 0 Å². The number of rotatable bonds is 1. The van der Waals surface area contributed by atoms with Gasteiger partial charge in [-0.15, -0.1) is 0 Å². The van der Waals surface area contributed by atoms with E-state index in [0.29, 0.717) is 0 Å². The van der Waals surface area contributed by atoms with Crippen LogP contribution in [0, 0.1) is 0 Å². The second-order valence-corrected chi connectivity index (χ2v) is 3.08. The van der Waals surface area contributed by atoms with Gasteiger partial charge in [0.2, 0.25) is 0 Å². The van der Waals surface area contributed by atoms with Gasteiger partial charge < -0.3 is 9.90 Å². The smallest absolute Gasteiger partial charge is 0.195 e. The second-order valence-electron chi connectivity index (χ2n) is 3.08. The molecule has 0 radical (unpaired) electrons. The predicted molar refractivity (Wildman–Crippen MR) is 48.2 cm³/mol. The number of ketones is 2. The third-order valence-electron chi connectivity index (χ3n) is 2.18. The maximum atomic E-state index is 11.6. The highest BCUT2D eigenvalue weighted by molar-refractivity contribution is 6.32. The molecule has 1 aromatic rings. The number of Topliss-reactive ketones (excluding diaryl/α,β-unsaturated/α-hetero) is 1. The Morgan fingerprint density at radius 1 is 1.07 bits per heavy atom. The minimum absolute atomic E-state index is 0.115. The number of carbonyl (C=O) groups excluding carboxylic acids is 3. The molecule has 0 fully saturated rings. The molecule has 0 bridgehead atoms. The molecule has 0 N–H and O–H groups in total. The lowest BCUT2D eigenvalue weighted by Crippen LogP contribution is -2.32. The van der Waals surface area contributed by atoms with Crippen molar-refractivity contribution >= 4 is 17.5 Å². The summed E-state index contributed by atoms with van der Waals surface area (Å²) < 4.78 is 0. The Morgan fingerprint density at radius 3 is 2.27 bits per heavy atom. The van der Waals surface area contributed by atoms with Gasteiger partial charge in [0.05, 0.1) is 5.97 Å². The van der Waals surface area contributed by atoms with Crippen LogP contribution in [0.4, 0.5) is 0 Å². The topological polar surface area (TPSA) is 74.3 Å². The lowest BCUT2D eigenvalue weighted by atomic mass is 9.90. The maximum absolute atomic E-state index is 11.6. The normalized spacial score (nSPS) is 14.5. The van der Waals surface area contributed by atoms with Gasteiger partial charge in [-0.05, 0) is 6.08 Å². The standard InChI is InChI=1S/C11H6O4/c12-9-5-8(11(14)15)10(13)7-4-2-1-3-6(7)9/h1-5H,(H,14,15)/p-1. The van der Waals surface area contributed by atoms with Gasteiger partial charge in [0.1, 0.15) is 0 Å². The summed E-state index contributed by atoms with van der Waals surface area (Å²) in [5, 5.41) is 10.6. The van der Waals surface area contributed by atoms with Crippen LogP contribution in [0.25, 0.3) is 0 Å². The molecule has 15 heavy (non-hydrogen) atoms. The maximum Gasteiger partial charge on any atom is 0.195 e. The van der Waals surface area contributed by atoms with Crippen LogP contribution in [-0.4, -0.2) is 17.5 Å². The molecule has 2 rings (SSSR count). The average molecular weight is 201 g/mol. The molecule has 1 aromatic carbocycles. The fourth-order valence-corrected chi connectivity index (χ4v) is 1.47. The van der Waals surface area contributed by atoms with Gasteiger partial charge in [-0.1, -0.05) is 24.3 Å². The summed E-state index contributed by atoms with van der Waals surface area (Å²) in [6.45, 7) is 0. The van der Waals surface area contributed by atoms with Crippen molar-refractivity contribution in [2.45, 2.75) is 0 Å². The van der Waals surface area contributed by atoms with E-state index in [1.807, 2.05) is 0 Å². The van der Waals surface area contributed by atoms with Crippen LogP contribution in [-0.2, 0) is 4.79 Å². The molecule has 0 aliphatic heterocycles. The summed E-state index contributed by atoms with van der Waals surface area (Å²) in [7, 11) is 0. The number of allylic oxidation sites excluding steroid dienone is 1. The first-order valence-corrected chi connectivity index (χ1v) is 4.22. The number of hydrogen-bond donors (Lipinski definition) is 0. The number of carbonyl (C=O) groups is 3. The van der Waals surface area contributed by atoms with Gasteiger partial charge in [-0.2, -0.15) is 0 Å². The Hall–Kier alpha value is -2.23. The van der Waals surface area contributed by atoms with Crippen LogP contribution in [0.15, 0.2) is 35.9 Å². The van der Waals surface area contributed by atoms with Crippen molar-refractivity contribution in [2.75, 3.05) is 0 Å². The van der Waals surface area contributed by atoms with E-state index in [1.54, 1.807) is 12.1 Å². The third kappa shape index (κ3) is 1.36. The summed E-state index contributed by atoms with van der Waals surface area (Å²) in [5.74, 6) is -2.78. The number of benzene rings is 1. The summed E-state index contributed by atoms with van der Waals surface area (Å²) in [5.41, 5.74) is -0.240. The number of hydrogen-bond acceptors (Lipinski definition) is 4. The van der Waals surface area contributed by atoms with Gasteiger partial charge in [0, 0.05) is 16.7 Å². The fraction of sp³-hybridized carbons (Fsp3) is 0. The molecular formula is C11H5O4-. The highest BCUT2D eigenvalue weighted by Gasteiger charge is 2.25. The number of fused-ring (bicyclic) bond motifs is 1. The third-order valence-corrected chi connectivity index (χ3v) is 2.18. The molecule has 1 aliphatic rings. The second kappa shape index (κ2) is 3.16. The molecule has 0 amide bonds. The Bertz CT molecular complexity index is 511. The highest BCUT2D eigenvalue weighted by Crippen LogP contribution is 2.20. The van der Waals surface area contributed by atoms with Crippen LogP contribution in [0.1, 0.15) is 20.7 Å². The summed E-state index contributed by atoms with van der Waals surface area (Å²) in [6, 6.07) is 6.09. The van der Waals surface area contributed by atoms with Crippen LogP contribution in [0.3, 0.4) is 0 Å². The quantitative estimate of drug-likeness (QED) is 0.587. The summed E-state index contributed by atoms with van der Waals surface area (Å²) in [6.07, 6.45) is 0.806. The van der Waals surface area contributed by atoms with Crippen LogP contribution < -0.4 is 5.11 Å². The van der Waals surface area contributed by atoms with E-state index < -0.39 is 23.1 Å². The van der Waals surface area contributed by atoms with E-state index in [4.69, 9.17) is 0 Å². The highest BCUT2D eigenvalue weighted by atomic mass is 16.4. The monoisotopic (exact) mass is 201 g/mol. The van der Waals surface area contributed by atoms with Gasteiger partial charge in [-0.25, -0.2) is 0 Å². The first kappa shape index (κ1) is 9.33. The first-order chi connectivity index (χ1) is 7.11. The molecule has 4 heteroatoms. The minimum Gasteiger partial charge on any atom is -0.545 e. The lowest BCUT2D eigenvalue weighted by Gasteiger charge is -2.14. The van der Waals surface area contributed by atoms with Crippen molar-refractivity contribution in [3.8, 4) is 0 Å². The zero-order valence-corrected chi connectivity index (χ0v) is 7.52. The largest absolute Gasteiger partial charge is 0.545 e. The van der Waals surface area contributed by atoms with Crippen molar-refractivity contribution in [1.29, 1.82) is 0 Å². The Kier molecular flexibility index (Phi) is 1.97. The Balaban J connectivity index is 2.64. The molecule has 0 heterocycles. The molecular weight excluding hydrogens is 196 g/mol. The van der Waals surface area contributed by atoms with Crippen LogP contribution >= 0.6 is 0 Å². The molecule has 0 spiro atoms. The molecule has 0 saturated heterocycles. The van der Waals surface area contributed by atoms with Gasteiger partial charge in [0.25, 0.3) is 0 Å². The van der Waals surface area contributed by atoms with Crippen molar-refractivity contribution in [3.63, 3.8) is 0 Å². The van der Waals surface area contributed by atoms with Crippen molar-refractivity contribution in [1.82, 2.24) is 0 Å². The van der Waals surface area contributed by atoms with E-state index in [1.165, 1.54) is 12.1 Å². The SMILES string of the molecule is O=C([O-])C1=CC(=O)c2ccccc2C1=O. The van der Waals surface area contributed by atoms with Crippen LogP contribution in [0.2, 0.25) is 0 Å². The van der Waals surface area contributed by atoms with Crippen LogP contribution in [0.5, 0.6) is 0 Å². The van der Waals surface area contributed by atoms with Gasteiger partial charge in [0.15, 0.2) is 11.6 Å². The van der Waals surface area contributed by atoms with E-state index in [9.17, 15) is 19.5 Å². The Labute approximate surface area is 84.8 Å². The van der Waals surface area contributed by atoms with E-state index in [-0.39, 0.29) is 11.1 Å². The van der Waals surface area contributed by atoms with E-state index in [2.05, 4.69) is 0 Å². The first-order valence-electron chi connectivity index (χ1n) is 4.22. The summed E-state index contributed by atoms with van der Waals surface area (Å²) in [4.78, 5) is 33.6. The minimum atomic E-state index is -1.62. The zero-order chi connectivity index (χ0) is 11.0. The molecule has 0 aromatic heterocycles. The molecule has 0 atom stereocenters. The number of carboxylic acids is 1. The number of aliphatic carboxylic acids is 1. The van der Waals surface area contributed by atoms with Crippen molar-refractivity contribution < 1.29 is 19.5 Å². The number of carboxylic acid groups (broad SMARTS) is 1. The van der Waals surface area contributed by atoms with E-state index >= 15 is 0 Å². The predicted octanol–water partition coefficient (Wildman–Crippen LogP) is -0.258. The molecule has 1 aliphatic carbocycles. The molecule has 0 unspecified atom stereocenters. The van der Waals surface area contributed by atoms with Gasteiger partial charge >= 0.3 is 0 Å². The Morgan fingerprint density at radius 2 is 1.67 bits per heavy atom. The zero-order valence-electron chi connectivity index (χ0n) is 7.52. The molecule has 74 valence electrons. The fourth-order valence-electron chi connectivity index (χ4n) is 1.47. The lowest BCUT2D eigenvalue weighted by molar-refractivity contribution is -0.298. The summed E-state index contributed by atoms with van der Waals surface area (Å²) >= 11 is 0. The van der Waals surface area contributed by atoms with Crippen molar-refractivity contribution in [3.05, 3.63) is 47.0 Å².